The first-order valence-corrected chi connectivity index (χ1v) is 7.33. The zero-order chi connectivity index (χ0) is 13.8. The number of amides is 1. The van der Waals surface area contributed by atoms with E-state index in [1.54, 1.807) is 6.07 Å². The molecule has 0 aliphatic carbocycles. The minimum absolute atomic E-state index is 0.00141. The number of halogens is 2. The highest BCUT2D eigenvalue weighted by Gasteiger charge is 2.18. The number of carbonyl (C=O) groups excluding carboxylic acids is 1. The van der Waals surface area contributed by atoms with Gasteiger partial charge in [0.25, 0.3) is 0 Å². The molecule has 104 valence electrons. The van der Waals surface area contributed by atoms with E-state index in [1.165, 1.54) is 12.1 Å². The summed E-state index contributed by atoms with van der Waals surface area (Å²) < 4.78 is 13.7. The number of rotatable bonds is 4. The van der Waals surface area contributed by atoms with Gasteiger partial charge in [0.15, 0.2) is 0 Å². The van der Waals surface area contributed by atoms with Crippen molar-refractivity contribution in [1.29, 1.82) is 0 Å². The van der Waals surface area contributed by atoms with E-state index in [0.29, 0.717) is 6.54 Å². The lowest BCUT2D eigenvalue weighted by molar-refractivity contribution is -0.129. The number of carbonyl (C=O) groups is 1. The van der Waals surface area contributed by atoms with Crippen LogP contribution in [0.1, 0.15) is 31.4 Å². The fourth-order valence-corrected chi connectivity index (χ4v) is 2.98. The minimum Gasteiger partial charge on any atom is -0.342 e. The van der Waals surface area contributed by atoms with Gasteiger partial charge < -0.3 is 10.2 Å². The van der Waals surface area contributed by atoms with Crippen molar-refractivity contribution >= 4 is 21.8 Å². The monoisotopic (exact) mass is 328 g/mol. The maximum Gasteiger partial charge on any atom is 0.236 e. The summed E-state index contributed by atoms with van der Waals surface area (Å²) in [6.45, 7) is 4.03. The molecule has 1 amide bonds. The highest BCUT2D eigenvalue weighted by Crippen LogP contribution is 2.24. The molecule has 19 heavy (non-hydrogen) atoms. The first kappa shape index (κ1) is 14.5. The molecular formula is C14H18BrFN2O. The average molecular weight is 329 g/mol. The number of nitrogens with one attached hydrogen (secondary N) is 1. The van der Waals surface area contributed by atoms with Crippen LogP contribution in [-0.2, 0) is 4.79 Å². The Balaban J connectivity index is 1.89. The van der Waals surface area contributed by atoms with Crippen molar-refractivity contribution in [2.75, 3.05) is 19.6 Å². The third-order valence-corrected chi connectivity index (χ3v) is 4.13. The van der Waals surface area contributed by atoms with Crippen molar-refractivity contribution in [3.05, 3.63) is 34.1 Å². The van der Waals surface area contributed by atoms with E-state index in [-0.39, 0.29) is 17.8 Å². The smallest absolute Gasteiger partial charge is 0.236 e. The zero-order valence-electron chi connectivity index (χ0n) is 11.0. The quantitative estimate of drug-likeness (QED) is 0.921. The summed E-state index contributed by atoms with van der Waals surface area (Å²) in [5, 5.41) is 3.19. The molecule has 1 aliphatic rings. The summed E-state index contributed by atoms with van der Waals surface area (Å²) in [6, 6.07) is 4.61. The van der Waals surface area contributed by atoms with Crippen molar-refractivity contribution in [3.8, 4) is 0 Å². The predicted octanol–water partition coefficient (Wildman–Crippen LogP) is 2.86. The normalized spacial score (nSPS) is 16.7. The molecule has 1 unspecified atom stereocenters. The van der Waals surface area contributed by atoms with Gasteiger partial charge in [-0.1, -0.05) is 22.0 Å². The van der Waals surface area contributed by atoms with Crippen LogP contribution in [0.2, 0.25) is 0 Å². The fourth-order valence-electron chi connectivity index (χ4n) is 2.28. The second kappa shape index (κ2) is 6.48. The van der Waals surface area contributed by atoms with Crippen molar-refractivity contribution in [2.45, 2.75) is 25.8 Å². The number of hydrogen-bond donors (Lipinski definition) is 1. The van der Waals surface area contributed by atoms with Crippen LogP contribution >= 0.6 is 15.9 Å². The lowest BCUT2D eigenvalue weighted by Crippen LogP contribution is -2.37. The third kappa shape index (κ3) is 3.76. The highest BCUT2D eigenvalue weighted by atomic mass is 79.9. The molecule has 1 atom stereocenters. The summed E-state index contributed by atoms with van der Waals surface area (Å²) in [5.74, 6) is -0.126. The van der Waals surface area contributed by atoms with Crippen molar-refractivity contribution in [1.82, 2.24) is 10.2 Å². The summed E-state index contributed by atoms with van der Waals surface area (Å²) in [6.07, 6.45) is 2.20. The van der Waals surface area contributed by atoms with E-state index < -0.39 is 0 Å². The fraction of sp³-hybridized carbons (Fsp3) is 0.500. The molecule has 3 nitrogen and oxygen atoms in total. The Kier molecular flexibility index (Phi) is 4.93. The summed E-state index contributed by atoms with van der Waals surface area (Å²) >= 11 is 3.35. The number of hydrogen-bond acceptors (Lipinski definition) is 2. The molecular weight excluding hydrogens is 311 g/mol. The van der Waals surface area contributed by atoms with Crippen molar-refractivity contribution in [3.63, 3.8) is 0 Å². The summed E-state index contributed by atoms with van der Waals surface area (Å²) in [7, 11) is 0. The van der Waals surface area contributed by atoms with Crippen LogP contribution in [0, 0.1) is 5.82 Å². The van der Waals surface area contributed by atoms with E-state index in [4.69, 9.17) is 0 Å². The van der Waals surface area contributed by atoms with Crippen LogP contribution in [0.3, 0.4) is 0 Å². The molecule has 0 saturated carbocycles. The van der Waals surface area contributed by atoms with E-state index in [9.17, 15) is 9.18 Å². The summed E-state index contributed by atoms with van der Waals surface area (Å²) in [5.41, 5.74) is 0.954. The van der Waals surface area contributed by atoms with Crippen LogP contribution in [0.5, 0.6) is 0 Å². The molecule has 1 aliphatic heterocycles. The Morgan fingerprint density at radius 2 is 2.16 bits per heavy atom. The molecule has 2 rings (SSSR count). The van der Waals surface area contributed by atoms with E-state index in [1.807, 2.05) is 11.8 Å². The molecule has 0 radical (unpaired) electrons. The zero-order valence-corrected chi connectivity index (χ0v) is 12.5. The molecule has 1 heterocycles. The van der Waals surface area contributed by atoms with Crippen molar-refractivity contribution in [2.24, 2.45) is 0 Å². The summed E-state index contributed by atoms with van der Waals surface area (Å²) in [4.78, 5) is 13.8. The molecule has 0 bridgehead atoms. The Morgan fingerprint density at radius 1 is 1.47 bits per heavy atom. The maximum absolute atomic E-state index is 13.0. The molecule has 1 N–H and O–H groups in total. The minimum atomic E-state index is -0.268. The lowest BCUT2D eigenvalue weighted by atomic mass is 10.1. The Labute approximate surface area is 121 Å². The van der Waals surface area contributed by atoms with Crippen LogP contribution in [-0.4, -0.2) is 30.4 Å². The molecule has 0 aromatic heterocycles. The molecule has 1 aromatic carbocycles. The van der Waals surface area contributed by atoms with Gasteiger partial charge in [0.05, 0.1) is 6.54 Å². The first-order valence-electron chi connectivity index (χ1n) is 6.54. The van der Waals surface area contributed by atoms with Gasteiger partial charge in [-0.2, -0.15) is 0 Å². The van der Waals surface area contributed by atoms with Crippen LogP contribution < -0.4 is 5.32 Å². The van der Waals surface area contributed by atoms with Gasteiger partial charge in [0.2, 0.25) is 5.91 Å². The molecule has 1 saturated heterocycles. The Morgan fingerprint density at radius 3 is 2.79 bits per heavy atom. The van der Waals surface area contributed by atoms with Crippen molar-refractivity contribution < 1.29 is 9.18 Å². The van der Waals surface area contributed by atoms with Gasteiger partial charge >= 0.3 is 0 Å². The SMILES string of the molecule is CC(NCC(=O)N1CCCC1)c1ccc(F)cc1Br. The van der Waals surface area contributed by atoms with Gasteiger partial charge in [0, 0.05) is 23.6 Å². The topological polar surface area (TPSA) is 32.3 Å². The molecule has 1 fully saturated rings. The van der Waals surface area contributed by atoms with E-state index >= 15 is 0 Å². The number of nitrogens with zero attached hydrogens (tertiary/aromatic N) is 1. The largest absolute Gasteiger partial charge is 0.342 e. The second-order valence-electron chi connectivity index (χ2n) is 4.86. The highest BCUT2D eigenvalue weighted by molar-refractivity contribution is 9.10. The maximum atomic E-state index is 13.0. The van der Waals surface area contributed by atoms with E-state index in [2.05, 4.69) is 21.2 Å². The molecule has 0 spiro atoms. The second-order valence-corrected chi connectivity index (χ2v) is 5.71. The average Bonchev–Trinajstić information content (AvgIpc) is 2.89. The third-order valence-electron chi connectivity index (χ3n) is 3.45. The van der Waals surface area contributed by atoms with Gasteiger partial charge in [-0.3, -0.25) is 4.79 Å². The Bertz CT molecular complexity index is 461. The van der Waals surface area contributed by atoms with Gasteiger partial charge in [-0.05, 0) is 37.5 Å². The van der Waals surface area contributed by atoms with Crippen LogP contribution in [0.15, 0.2) is 22.7 Å². The Hall–Kier alpha value is -0.940. The van der Waals surface area contributed by atoms with Crippen LogP contribution in [0.25, 0.3) is 0 Å². The lowest BCUT2D eigenvalue weighted by Gasteiger charge is -2.19. The molecule has 1 aromatic rings. The van der Waals surface area contributed by atoms with Gasteiger partial charge in [0.1, 0.15) is 5.82 Å². The van der Waals surface area contributed by atoms with Crippen LogP contribution in [0.4, 0.5) is 4.39 Å². The van der Waals surface area contributed by atoms with Gasteiger partial charge in [-0.25, -0.2) is 4.39 Å². The number of benzene rings is 1. The predicted molar refractivity (Wildman–Crippen MR) is 76.3 cm³/mol. The van der Waals surface area contributed by atoms with Gasteiger partial charge in [-0.15, -0.1) is 0 Å². The van der Waals surface area contributed by atoms with E-state index in [0.717, 1.165) is 36.0 Å². The standard InChI is InChI=1S/C14H18BrFN2O/c1-10(12-5-4-11(16)8-13(12)15)17-9-14(19)18-6-2-3-7-18/h4-5,8,10,17H,2-3,6-7,9H2,1H3. The first-order chi connectivity index (χ1) is 9.08. The number of likely N-dealkylation sites (tertiary alicyclic amines) is 1. The molecule has 5 heteroatoms.